The van der Waals surface area contributed by atoms with E-state index in [0.717, 1.165) is 0 Å². The molecule has 0 aliphatic rings. The van der Waals surface area contributed by atoms with E-state index in [1.165, 1.54) is 11.3 Å². The van der Waals surface area contributed by atoms with Crippen LogP contribution in [0.25, 0.3) is 10.6 Å². The number of nitrogens with two attached hydrogens (primary N) is 1. The van der Waals surface area contributed by atoms with Gasteiger partial charge in [0, 0.05) is 5.56 Å². The molecule has 2 aromatic rings. The number of aryl methyl sites for hydroxylation is 1. The number of esters is 1. The van der Waals surface area contributed by atoms with Crippen LogP contribution in [0.4, 0.5) is 0 Å². The van der Waals surface area contributed by atoms with E-state index >= 15 is 0 Å². The second kappa shape index (κ2) is 8.11. The summed E-state index contributed by atoms with van der Waals surface area (Å²) in [6.07, 6.45) is 0. The Bertz CT molecular complexity index is 783. The molecule has 2 N–H and O–H groups in total. The minimum atomic E-state index is -0.570. The molecule has 1 amide bonds. The summed E-state index contributed by atoms with van der Waals surface area (Å²) in [4.78, 5) is 28.6. The first-order chi connectivity index (χ1) is 11.8. The minimum Gasteiger partial charge on any atom is -0.492 e. The molecule has 7 heteroatoms. The van der Waals surface area contributed by atoms with Gasteiger partial charge in [-0.15, -0.1) is 11.3 Å². The number of hydrogen-bond acceptors (Lipinski definition) is 6. The summed E-state index contributed by atoms with van der Waals surface area (Å²) in [6, 6.07) is 5.15. The van der Waals surface area contributed by atoms with Gasteiger partial charge in [0.1, 0.15) is 15.6 Å². The molecule has 0 aliphatic carbocycles. The van der Waals surface area contributed by atoms with Crippen molar-refractivity contribution in [2.45, 2.75) is 27.7 Å². The molecule has 25 heavy (non-hydrogen) atoms. The van der Waals surface area contributed by atoms with E-state index in [-0.39, 0.29) is 0 Å². The van der Waals surface area contributed by atoms with Crippen molar-refractivity contribution < 1.29 is 19.1 Å². The highest BCUT2D eigenvalue weighted by Gasteiger charge is 2.19. The van der Waals surface area contributed by atoms with Crippen LogP contribution in [0.1, 0.15) is 46.5 Å². The smallest absolute Gasteiger partial charge is 0.350 e. The zero-order chi connectivity index (χ0) is 18.6. The van der Waals surface area contributed by atoms with Gasteiger partial charge in [-0.1, -0.05) is 13.8 Å². The van der Waals surface area contributed by atoms with Crippen LogP contribution in [0.15, 0.2) is 18.2 Å². The van der Waals surface area contributed by atoms with Crippen molar-refractivity contribution in [2.24, 2.45) is 11.7 Å². The summed E-state index contributed by atoms with van der Waals surface area (Å²) in [5.41, 5.74) is 7.08. The molecule has 2 rings (SSSR count). The van der Waals surface area contributed by atoms with Crippen LogP contribution in [-0.4, -0.2) is 30.1 Å². The summed E-state index contributed by atoms with van der Waals surface area (Å²) in [5.74, 6) is -0.187. The van der Waals surface area contributed by atoms with Crippen LogP contribution in [-0.2, 0) is 4.74 Å². The van der Waals surface area contributed by atoms with Crippen molar-refractivity contribution in [1.29, 1.82) is 0 Å². The molecule has 0 bridgehead atoms. The minimum absolute atomic E-state index is 0.295. The number of primary amides is 1. The second-order valence-corrected chi connectivity index (χ2v) is 6.93. The number of ether oxygens (including phenoxy) is 2. The van der Waals surface area contributed by atoms with Crippen molar-refractivity contribution in [3.63, 3.8) is 0 Å². The largest absolute Gasteiger partial charge is 0.492 e. The topological polar surface area (TPSA) is 91.5 Å². The first kappa shape index (κ1) is 18.9. The SMILES string of the molecule is CCOC(=O)c1sc(-c2ccc(OCC(C)C)c(C(N)=O)c2)nc1C. The Kier molecular flexibility index (Phi) is 6.14. The lowest BCUT2D eigenvalue weighted by molar-refractivity contribution is 0.0531. The van der Waals surface area contributed by atoms with Gasteiger partial charge >= 0.3 is 5.97 Å². The average Bonchev–Trinajstić information content (AvgIpc) is 2.94. The second-order valence-electron chi connectivity index (χ2n) is 5.93. The number of hydrogen-bond donors (Lipinski definition) is 1. The van der Waals surface area contributed by atoms with Gasteiger partial charge in [0.05, 0.1) is 24.5 Å². The molecule has 0 saturated carbocycles. The van der Waals surface area contributed by atoms with Crippen molar-refractivity contribution in [1.82, 2.24) is 4.98 Å². The molecule has 6 nitrogen and oxygen atoms in total. The van der Waals surface area contributed by atoms with E-state index in [0.29, 0.717) is 51.6 Å². The monoisotopic (exact) mass is 362 g/mol. The standard InChI is InChI=1S/C18H22N2O4S/c1-5-23-18(22)15-11(4)20-17(25-15)12-6-7-14(24-9-10(2)3)13(8-12)16(19)21/h6-8,10H,5,9H2,1-4H3,(H2,19,21). The van der Waals surface area contributed by atoms with Gasteiger partial charge in [-0.3, -0.25) is 4.79 Å². The normalized spacial score (nSPS) is 10.8. The maximum Gasteiger partial charge on any atom is 0.350 e. The number of carbonyl (C=O) groups excluding carboxylic acids is 2. The molecule has 0 fully saturated rings. The Hall–Kier alpha value is -2.41. The van der Waals surface area contributed by atoms with Crippen molar-refractivity contribution in [2.75, 3.05) is 13.2 Å². The Morgan fingerprint density at radius 2 is 2.04 bits per heavy atom. The zero-order valence-electron chi connectivity index (χ0n) is 14.8. The van der Waals surface area contributed by atoms with E-state index in [1.807, 2.05) is 13.8 Å². The number of rotatable bonds is 7. The highest BCUT2D eigenvalue weighted by molar-refractivity contribution is 7.17. The number of thiazole rings is 1. The van der Waals surface area contributed by atoms with Crippen molar-refractivity contribution >= 4 is 23.2 Å². The van der Waals surface area contributed by atoms with Gasteiger partial charge in [0.15, 0.2) is 0 Å². The first-order valence-corrected chi connectivity index (χ1v) is 8.86. The van der Waals surface area contributed by atoms with E-state index < -0.39 is 11.9 Å². The van der Waals surface area contributed by atoms with E-state index in [4.69, 9.17) is 15.2 Å². The van der Waals surface area contributed by atoms with Crippen molar-refractivity contribution in [3.05, 3.63) is 34.3 Å². The lowest BCUT2D eigenvalue weighted by Gasteiger charge is -2.12. The number of carbonyl (C=O) groups is 2. The van der Waals surface area contributed by atoms with E-state index in [9.17, 15) is 9.59 Å². The molecule has 0 radical (unpaired) electrons. The average molecular weight is 362 g/mol. The van der Waals surface area contributed by atoms with Crippen molar-refractivity contribution in [3.8, 4) is 16.3 Å². The molecule has 0 unspecified atom stereocenters. The zero-order valence-corrected chi connectivity index (χ0v) is 15.6. The van der Waals surface area contributed by atoms with Gasteiger partial charge in [-0.2, -0.15) is 0 Å². The molecular weight excluding hydrogens is 340 g/mol. The van der Waals surface area contributed by atoms with Crippen LogP contribution in [0.5, 0.6) is 5.75 Å². The fourth-order valence-corrected chi connectivity index (χ4v) is 3.10. The molecule has 0 atom stereocenters. The van der Waals surface area contributed by atoms with Gasteiger partial charge in [-0.05, 0) is 38.0 Å². The number of amides is 1. The maximum absolute atomic E-state index is 11.9. The van der Waals surface area contributed by atoms with E-state index in [1.54, 1.807) is 32.0 Å². The molecule has 1 aromatic carbocycles. The summed E-state index contributed by atoms with van der Waals surface area (Å²) >= 11 is 1.23. The molecule has 0 aliphatic heterocycles. The molecule has 134 valence electrons. The highest BCUT2D eigenvalue weighted by Crippen LogP contribution is 2.31. The highest BCUT2D eigenvalue weighted by atomic mass is 32.1. The van der Waals surface area contributed by atoms with Gasteiger partial charge in [-0.25, -0.2) is 9.78 Å². The molecule has 0 spiro atoms. The summed E-state index contributed by atoms with van der Waals surface area (Å²) in [6.45, 7) is 8.34. The summed E-state index contributed by atoms with van der Waals surface area (Å²) < 4.78 is 10.7. The van der Waals surface area contributed by atoms with Crippen LogP contribution < -0.4 is 10.5 Å². The van der Waals surface area contributed by atoms with Gasteiger partial charge < -0.3 is 15.2 Å². The van der Waals surface area contributed by atoms with Gasteiger partial charge in [0.25, 0.3) is 5.91 Å². The van der Waals surface area contributed by atoms with Crippen LogP contribution >= 0.6 is 11.3 Å². The number of benzene rings is 1. The summed E-state index contributed by atoms with van der Waals surface area (Å²) in [7, 11) is 0. The predicted octanol–water partition coefficient (Wildman–Crippen LogP) is 3.43. The molecule has 0 saturated heterocycles. The quantitative estimate of drug-likeness (QED) is 0.762. The third-order valence-corrected chi connectivity index (χ3v) is 4.51. The lowest BCUT2D eigenvalue weighted by Crippen LogP contribution is -2.14. The third-order valence-electron chi connectivity index (χ3n) is 3.32. The summed E-state index contributed by atoms with van der Waals surface area (Å²) in [5, 5.41) is 0.624. The molecule has 1 aromatic heterocycles. The Morgan fingerprint density at radius 1 is 1.32 bits per heavy atom. The van der Waals surface area contributed by atoms with Crippen LogP contribution in [0, 0.1) is 12.8 Å². The van der Waals surface area contributed by atoms with E-state index in [2.05, 4.69) is 4.98 Å². The predicted molar refractivity (Wildman–Crippen MR) is 97.1 cm³/mol. The Balaban J connectivity index is 2.37. The third kappa shape index (κ3) is 4.57. The number of nitrogens with zero attached hydrogens (tertiary/aromatic N) is 1. The first-order valence-electron chi connectivity index (χ1n) is 8.05. The maximum atomic E-state index is 11.9. The lowest BCUT2D eigenvalue weighted by atomic mass is 10.1. The molecular formula is C18H22N2O4S. The molecule has 1 heterocycles. The van der Waals surface area contributed by atoms with Crippen LogP contribution in [0.2, 0.25) is 0 Å². The Labute approximate surface area is 151 Å². The fraction of sp³-hybridized carbons (Fsp3) is 0.389. The Morgan fingerprint density at radius 3 is 2.64 bits per heavy atom. The fourth-order valence-electron chi connectivity index (χ4n) is 2.14. The number of aromatic nitrogens is 1. The van der Waals surface area contributed by atoms with Crippen LogP contribution in [0.3, 0.4) is 0 Å². The van der Waals surface area contributed by atoms with Gasteiger partial charge in [0.2, 0.25) is 0 Å².